The lowest BCUT2D eigenvalue weighted by Crippen LogP contribution is -2.62. The summed E-state index contributed by atoms with van der Waals surface area (Å²) in [6, 6.07) is 0. The molecule has 2 aliphatic carbocycles. The van der Waals surface area contributed by atoms with E-state index in [1.54, 1.807) is 19.9 Å². The fourth-order valence-corrected chi connectivity index (χ4v) is 4.43. The normalized spacial score (nSPS) is 35.5. The number of esters is 2. The third kappa shape index (κ3) is 3.73. The highest BCUT2D eigenvalue weighted by molar-refractivity contribution is 6.26. The van der Waals surface area contributed by atoms with E-state index in [9.17, 15) is 24.3 Å². The Morgan fingerprint density at radius 3 is 2.55 bits per heavy atom. The molecule has 0 bridgehead atoms. The van der Waals surface area contributed by atoms with Gasteiger partial charge in [0.05, 0.1) is 17.9 Å². The molecule has 5 atom stereocenters. The van der Waals surface area contributed by atoms with Crippen LogP contribution in [0.4, 0.5) is 0 Å². The van der Waals surface area contributed by atoms with Crippen LogP contribution in [0.5, 0.6) is 0 Å². The van der Waals surface area contributed by atoms with Crippen molar-refractivity contribution in [3.63, 3.8) is 0 Å². The van der Waals surface area contributed by atoms with Crippen molar-refractivity contribution in [2.45, 2.75) is 77.3 Å². The van der Waals surface area contributed by atoms with Crippen molar-refractivity contribution in [2.24, 2.45) is 5.92 Å². The summed E-state index contributed by atoms with van der Waals surface area (Å²) in [5.41, 5.74) is -2.89. The molecule has 1 aliphatic heterocycles. The average molecular weight is 432 g/mol. The van der Waals surface area contributed by atoms with Crippen molar-refractivity contribution < 1.29 is 38.5 Å². The number of aliphatic hydroxyl groups excluding tert-OH is 1. The minimum absolute atomic E-state index is 0.0182. The Bertz CT molecular complexity index is 926. The molecular formula is C23H28O8. The van der Waals surface area contributed by atoms with Gasteiger partial charge in [0.25, 0.3) is 0 Å². The maximum Gasteiger partial charge on any atom is 0.334 e. The number of hydrogen-bond donors (Lipinski definition) is 1. The highest BCUT2D eigenvalue weighted by Gasteiger charge is 2.60. The van der Waals surface area contributed by atoms with Gasteiger partial charge in [-0.2, -0.15) is 0 Å². The molecule has 3 rings (SSSR count). The molecule has 3 aliphatic rings. The van der Waals surface area contributed by atoms with E-state index < -0.39 is 46.9 Å². The lowest BCUT2D eigenvalue weighted by atomic mass is 9.67. The van der Waals surface area contributed by atoms with E-state index >= 15 is 0 Å². The smallest absolute Gasteiger partial charge is 0.334 e. The Balaban J connectivity index is 2.14. The Morgan fingerprint density at radius 2 is 1.94 bits per heavy atom. The maximum absolute atomic E-state index is 13.2. The fraction of sp³-hybridized carbons (Fsp3) is 0.565. The number of ether oxygens (including phenoxy) is 3. The molecule has 0 radical (unpaired) electrons. The summed E-state index contributed by atoms with van der Waals surface area (Å²) in [4.78, 5) is 50.2. The molecule has 0 aromatic heterocycles. The zero-order valence-corrected chi connectivity index (χ0v) is 18.4. The van der Waals surface area contributed by atoms with Crippen LogP contribution in [0, 0.1) is 5.92 Å². The number of hydrogen-bond acceptors (Lipinski definition) is 8. The van der Waals surface area contributed by atoms with Crippen LogP contribution in [0.3, 0.4) is 0 Å². The molecule has 0 aromatic rings. The van der Waals surface area contributed by atoms with Gasteiger partial charge in [-0.15, -0.1) is 0 Å². The monoisotopic (exact) mass is 432 g/mol. The Hall–Kier alpha value is -2.74. The molecule has 1 fully saturated rings. The fourth-order valence-electron chi connectivity index (χ4n) is 4.43. The third-order valence-electron chi connectivity index (χ3n) is 6.36. The lowest BCUT2D eigenvalue weighted by Gasteiger charge is -2.50. The first-order valence-corrected chi connectivity index (χ1v) is 10.4. The van der Waals surface area contributed by atoms with Crippen molar-refractivity contribution in [3.8, 4) is 0 Å². The second kappa shape index (κ2) is 8.07. The van der Waals surface area contributed by atoms with Crippen LogP contribution in [-0.2, 0) is 33.4 Å². The van der Waals surface area contributed by atoms with Crippen LogP contribution in [0.2, 0.25) is 0 Å². The van der Waals surface area contributed by atoms with Crippen molar-refractivity contribution in [1.82, 2.24) is 0 Å². The Kier molecular flexibility index (Phi) is 5.97. The first-order valence-electron chi connectivity index (χ1n) is 10.4. The molecule has 0 saturated heterocycles. The quantitative estimate of drug-likeness (QED) is 0.409. The van der Waals surface area contributed by atoms with Crippen molar-refractivity contribution in [1.29, 1.82) is 0 Å². The van der Waals surface area contributed by atoms with Gasteiger partial charge in [-0.3, -0.25) is 14.4 Å². The van der Waals surface area contributed by atoms with E-state index in [2.05, 4.69) is 0 Å². The van der Waals surface area contributed by atoms with Crippen LogP contribution >= 0.6 is 0 Å². The second-order valence-corrected chi connectivity index (χ2v) is 8.68. The van der Waals surface area contributed by atoms with E-state index in [1.165, 1.54) is 13.2 Å². The number of allylic oxidation sites excluding steroid dienone is 1. The number of aliphatic hydroxyl groups is 1. The first-order chi connectivity index (χ1) is 14.5. The highest BCUT2D eigenvalue weighted by Crippen LogP contribution is 2.48. The summed E-state index contributed by atoms with van der Waals surface area (Å²) >= 11 is 0. The SMILES string of the molecule is C/C=C(\C)C(=O)O[C@@H]1C2=CC(=O)[C@](C)(OC(C)=O)C(=O)C2=CO[C@@]12C[C@@H](C)CC[C@H]2O. The van der Waals surface area contributed by atoms with Gasteiger partial charge in [-0.05, 0) is 52.0 Å². The molecule has 0 aromatic carbocycles. The van der Waals surface area contributed by atoms with Gasteiger partial charge in [0.2, 0.25) is 17.2 Å². The molecule has 0 amide bonds. The van der Waals surface area contributed by atoms with E-state index in [0.29, 0.717) is 18.4 Å². The van der Waals surface area contributed by atoms with Crippen LogP contribution < -0.4 is 0 Å². The minimum atomic E-state index is -2.03. The Morgan fingerprint density at radius 1 is 1.26 bits per heavy atom. The average Bonchev–Trinajstić information content (AvgIpc) is 2.70. The predicted molar refractivity (Wildman–Crippen MR) is 108 cm³/mol. The molecule has 0 unspecified atom stereocenters. The van der Waals surface area contributed by atoms with Gasteiger partial charge < -0.3 is 19.3 Å². The molecule has 8 heteroatoms. The summed E-state index contributed by atoms with van der Waals surface area (Å²) in [5, 5.41) is 10.9. The zero-order chi connectivity index (χ0) is 23.1. The van der Waals surface area contributed by atoms with Crippen molar-refractivity contribution in [2.75, 3.05) is 0 Å². The van der Waals surface area contributed by atoms with Crippen LogP contribution in [-0.4, -0.2) is 52.0 Å². The van der Waals surface area contributed by atoms with E-state index in [-0.39, 0.29) is 17.1 Å². The summed E-state index contributed by atoms with van der Waals surface area (Å²) in [7, 11) is 0. The molecule has 168 valence electrons. The Labute approximate surface area is 180 Å². The van der Waals surface area contributed by atoms with E-state index in [4.69, 9.17) is 14.2 Å². The standard InChI is InChI=1S/C23H28O8/c1-6-13(3)21(28)30-20-15-9-18(26)22(5,31-14(4)24)19(27)16(15)11-29-23(20)10-12(2)7-8-17(23)25/h6,9,11-12,17,20,25H,7-8,10H2,1-5H3/b13-6+/t12-,17+,20+,22-,23+/m0/s1. The van der Waals surface area contributed by atoms with Gasteiger partial charge >= 0.3 is 11.9 Å². The molecule has 1 spiro atoms. The molecule has 1 heterocycles. The van der Waals surface area contributed by atoms with Crippen LogP contribution in [0.1, 0.15) is 53.9 Å². The van der Waals surface area contributed by atoms with Gasteiger partial charge in [0.15, 0.2) is 11.7 Å². The maximum atomic E-state index is 13.2. The van der Waals surface area contributed by atoms with Crippen molar-refractivity contribution >= 4 is 23.5 Å². The van der Waals surface area contributed by atoms with Gasteiger partial charge in [-0.1, -0.05) is 13.0 Å². The second-order valence-electron chi connectivity index (χ2n) is 8.68. The number of carbonyl (C=O) groups excluding carboxylic acids is 4. The topological polar surface area (TPSA) is 116 Å². The van der Waals surface area contributed by atoms with Gasteiger partial charge in [-0.25, -0.2) is 4.79 Å². The largest absolute Gasteiger partial charge is 0.487 e. The lowest BCUT2D eigenvalue weighted by molar-refractivity contribution is -0.193. The van der Waals surface area contributed by atoms with Crippen molar-refractivity contribution in [3.05, 3.63) is 35.1 Å². The first kappa shape index (κ1) is 22.9. The van der Waals surface area contributed by atoms with E-state index in [0.717, 1.165) is 19.4 Å². The molecule has 1 N–H and O–H groups in total. The molecule has 1 saturated carbocycles. The number of Topliss-reactive ketones (excluding diaryl/α,β-unsaturated/α-hetero) is 1. The number of rotatable bonds is 3. The summed E-state index contributed by atoms with van der Waals surface area (Å²) in [6.45, 7) is 7.59. The highest BCUT2D eigenvalue weighted by atomic mass is 16.6. The summed E-state index contributed by atoms with van der Waals surface area (Å²) in [6.07, 6.45) is 3.33. The van der Waals surface area contributed by atoms with Gasteiger partial charge in [0, 0.05) is 18.1 Å². The minimum Gasteiger partial charge on any atom is -0.487 e. The molecule has 31 heavy (non-hydrogen) atoms. The number of carbonyl (C=O) groups is 4. The summed E-state index contributed by atoms with van der Waals surface area (Å²) in [5.74, 6) is -2.76. The molecule has 8 nitrogen and oxygen atoms in total. The van der Waals surface area contributed by atoms with Crippen LogP contribution in [0.25, 0.3) is 0 Å². The molecular weight excluding hydrogens is 404 g/mol. The number of ketones is 2. The van der Waals surface area contributed by atoms with Gasteiger partial charge in [0.1, 0.15) is 0 Å². The summed E-state index contributed by atoms with van der Waals surface area (Å²) < 4.78 is 16.8. The van der Waals surface area contributed by atoms with Crippen LogP contribution in [0.15, 0.2) is 35.1 Å². The van der Waals surface area contributed by atoms with E-state index in [1.807, 2.05) is 6.92 Å². The zero-order valence-electron chi connectivity index (χ0n) is 18.4. The number of fused-ring (bicyclic) bond motifs is 1. The predicted octanol–water partition coefficient (Wildman–Crippen LogP) is 2.10. The third-order valence-corrected chi connectivity index (χ3v) is 6.36.